The molecule has 2 aliphatic rings. The SMILES string of the molecule is Cl.Cl.[CH3][Zr]([CH3])(=[SiH2])([C]1=C(c2ccncc2)C=CC1)[C]1=C(c2ccncc2)C=CC1. The molecule has 4 rings (SSSR count). The average molecular weight is 509 g/mol. The Hall–Kier alpha value is -1.06. The van der Waals surface area contributed by atoms with Gasteiger partial charge in [0.15, 0.2) is 0 Å². The molecule has 0 bridgehead atoms. The van der Waals surface area contributed by atoms with Crippen LogP contribution < -0.4 is 0 Å². The predicted octanol–water partition coefficient (Wildman–Crippen LogP) is 5.70. The number of halogens is 2. The molecular formula is C22H26Cl2N2SiZr. The van der Waals surface area contributed by atoms with Crippen molar-refractivity contribution in [2.75, 3.05) is 0 Å². The van der Waals surface area contributed by atoms with Crippen molar-refractivity contribution in [2.24, 2.45) is 0 Å². The zero-order valence-corrected chi connectivity index (χ0v) is 21.8. The van der Waals surface area contributed by atoms with Crippen molar-refractivity contribution in [1.29, 1.82) is 0 Å². The number of hydrogen-bond donors (Lipinski definition) is 0. The fourth-order valence-corrected chi connectivity index (χ4v) is 18.3. The number of nitrogens with zero attached hydrogens (tertiary/aromatic N) is 2. The van der Waals surface area contributed by atoms with E-state index < -0.39 is 17.4 Å². The Morgan fingerprint density at radius 1 is 0.714 bits per heavy atom. The summed E-state index contributed by atoms with van der Waals surface area (Å²) in [7, 11) is 0. The van der Waals surface area contributed by atoms with Gasteiger partial charge in [0.2, 0.25) is 0 Å². The summed E-state index contributed by atoms with van der Waals surface area (Å²) in [4.78, 5) is 8.39. The van der Waals surface area contributed by atoms with E-state index in [2.05, 4.69) is 74.7 Å². The molecule has 0 aliphatic heterocycles. The van der Waals surface area contributed by atoms with E-state index in [1.165, 1.54) is 22.3 Å². The Morgan fingerprint density at radius 2 is 1.07 bits per heavy atom. The molecule has 2 aromatic heterocycles. The van der Waals surface area contributed by atoms with Gasteiger partial charge >= 0.3 is 159 Å². The molecule has 28 heavy (non-hydrogen) atoms. The third-order valence-corrected chi connectivity index (χ3v) is 22.7. The van der Waals surface area contributed by atoms with E-state index in [0.29, 0.717) is 0 Å². The number of pyridine rings is 2. The van der Waals surface area contributed by atoms with Crippen LogP contribution in [-0.4, -0.2) is 16.8 Å². The van der Waals surface area contributed by atoms with Gasteiger partial charge in [-0.15, -0.1) is 24.8 Å². The van der Waals surface area contributed by atoms with Gasteiger partial charge in [-0.25, -0.2) is 0 Å². The van der Waals surface area contributed by atoms with Crippen LogP contribution in [0.3, 0.4) is 0 Å². The molecule has 146 valence electrons. The van der Waals surface area contributed by atoms with E-state index in [1.54, 1.807) is 6.56 Å². The van der Waals surface area contributed by atoms with Gasteiger partial charge in [0, 0.05) is 0 Å². The molecule has 2 aliphatic carbocycles. The maximum atomic E-state index is 4.20. The third kappa shape index (κ3) is 4.11. The van der Waals surface area contributed by atoms with Crippen LogP contribution in [0.25, 0.3) is 11.1 Å². The molecule has 0 unspecified atom stereocenters. The van der Waals surface area contributed by atoms with Crippen molar-refractivity contribution < 1.29 is 17.4 Å². The molecule has 2 aromatic rings. The molecule has 0 N–H and O–H groups in total. The van der Waals surface area contributed by atoms with Crippen molar-refractivity contribution in [3.8, 4) is 0 Å². The first kappa shape index (κ1) is 23.2. The van der Waals surface area contributed by atoms with Gasteiger partial charge < -0.3 is 0 Å². The summed E-state index contributed by atoms with van der Waals surface area (Å²) in [5.74, 6) is 0. The molecular weight excluding hydrogens is 482 g/mol. The van der Waals surface area contributed by atoms with E-state index in [4.69, 9.17) is 0 Å². The first-order chi connectivity index (χ1) is 12.5. The normalized spacial score (nSPS) is 16.2. The van der Waals surface area contributed by atoms with Crippen molar-refractivity contribution in [1.82, 2.24) is 9.97 Å². The van der Waals surface area contributed by atoms with Crippen molar-refractivity contribution in [3.05, 3.63) is 91.0 Å². The second-order valence-corrected chi connectivity index (χ2v) is 36.9. The number of aromatic nitrogens is 2. The monoisotopic (exact) mass is 506 g/mol. The molecule has 2 heterocycles. The van der Waals surface area contributed by atoms with Gasteiger partial charge in [0.05, 0.1) is 0 Å². The second-order valence-electron chi connectivity index (χ2n) is 8.15. The van der Waals surface area contributed by atoms with E-state index >= 15 is 0 Å². The van der Waals surface area contributed by atoms with Crippen LogP contribution in [0.2, 0.25) is 9.26 Å². The Balaban J connectivity index is 0.00000140. The molecule has 0 aromatic carbocycles. The van der Waals surface area contributed by atoms with E-state index in [9.17, 15) is 0 Å². The summed E-state index contributed by atoms with van der Waals surface area (Å²) in [5.41, 5.74) is 5.48. The number of rotatable bonds is 4. The van der Waals surface area contributed by atoms with Crippen molar-refractivity contribution >= 4 is 42.8 Å². The maximum absolute atomic E-state index is 4.20. The third-order valence-electron chi connectivity index (χ3n) is 5.78. The summed E-state index contributed by atoms with van der Waals surface area (Å²) < 4.78 is 8.60. The van der Waals surface area contributed by atoms with Crippen LogP contribution in [0, 0.1) is 0 Å². The number of allylic oxidation sites excluding steroid dienone is 8. The standard InChI is InChI=1S/2C10H8N.2CH3.2ClH.H2Si.Zr/c2*1-2-4-9(3-1)10-5-7-11-8-6-10;;;;;;/h2*1,3,5-8H,2H2;2*1H3;2*1H;1H2;. The quantitative estimate of drug-likeness (QED) is 0.496. The summed E-state index contributed by atoms with van der Waals surface area (Å²) in [5, 5.41) is 0. The summed E-state index contributed by atoms with van der Waals surface area (Å²) in [6.07, 6.45) is 19.1. The van der Waals surface area contributed by atoms with Gasteiger partial charge in [-0.2, -0.15) is 0 Å². The zero-order chi connectivity index (χ0) is 18.2. The van der Waals surface area contributed by atoms with Gasteiger partial charge in [0.25, 0.3) is 0 Å². The van der Waals surface area contributed by atoms with Gasteiger partial charge in [-0.1, -0.05) is 0 Å². The van der Waals surface area contributed by atoms with Crippen LogP contribution in [-0.2, 0) is 17.4 Å². The fraction of sp³-hybridized carbons (Fsp3) is 0.182. The van der Waals surface area contributed by atoms with Crippen LogP contribution in [0.5, 0.6) is 0 Å². The predicted molar refractivity (Wildman–Crippen MR) is 125 cm³/mol. The minimum atomic E-state index is -3.27. The Kier molecular flexibility index (Phi) is 7.26. The summed E-state index contributed by atoms with van der Waals surface area (Å²) in [6, 6.07) is 8.57. The molecule has 0 spiro atoms. The average Bonchev–Trinajstić information content (AvgIpc) is 3.33. The van der Waals surface area contributed by atoms with E-state index in [0.717, 1.165) is 12.8 Å². The van der Waals surface area contributed by atoms with Crippen LogP contribution in [0.15, 0.2) is 79.9 Å². The molecule has 0 saturated carbocycles. The fourth-order valence-electron chi connectivity index (χ4n) is 4.31. The molecule has 0 atom stereocenters. The summed E-state index contributed by atoms with van der Waals surface area (Å²) in [6.45, 7) is 2.32. The van der Waals surface area contributed by atoms with Crippen LogP contribution in [0.1, 0.15) is 24.0 Å². The zero-order valence-electron chi connectivity index (χ0n) is 16.3. The van der Waals surface area contributed by atoms with Crippen molar-refractivity contribution in [2.45, 2.75) is 22.1 Å². The van der Waals surface area contributed by atoms with Gasteiger partial charge in [-0.3, -0.25) is 0 Å². The first-order valence-electron chi connectivity index (χ1n) is 9.14. The van der Waals surface area contributed by atoms with Crippen molar-refractivity contribution in [3.63, 3.8) is 0 Å². The molecule has 0 amide bonds. The molecule has 0 fully saturated rings. The Labute approximate surface area is 182 Å². The first-order valence-corrected chi connectivity index (χ1v) is 22.4. The van der Waals surface area contributed by atoms with Crippen LogP contribution in [0.4, 0.5) is 0 Å². The molecule has 0 radical (unpaired) electrons. The molecule has 2 nitrogen and oxygen atoms in total. The Morgan fingerprint density at radius 3 is 1.43 bits per heavy atom. The molecule has 0 saturated heterocycles. The van der Waals surface area contributed by atoms with E-state index in [1.807, 2.05) is 24.8 Å². The molecule has 6 heteroatoms. The van der Waals surface area contributed by atoms with Gasteiger partial charge in [-0.05, 0) is 0 Å². The second kappa shape index (κ2) is 8.75. The summed E-state index contributed by atoms with van der Waals surface area (Å²) >= 11 is -3.27. The van der Waals surface area contributed by atoms with E-state index in [-0.39, 0.29) is 24.8 Å². The topological polar surface area (TPSA) is 25.8 Å². The Bertz CT molecular complexity index is 969. The number of hydrogen-bond acceptors (Lipinski definition) is 2. The van der Waals surface area contributed by atoms with Gasteiger partial charge in [0.1, 0.15) is 0 Å². The minimum absolute atomic E-state index is 0. The van der Waals surface area contributed by atoms with Crippen LogP contribution >= 0.6 is 24.8 Å².